The summed E-state index contributed by atoms with van der Waals surface area (Å²) in [6, 6.07) is 13.3. The Morgan fingerprint density at radius 2 is 1.63 bits per heavy atom. The molecule has 0 fully saturated rings. The first kappa shape index (κ1) is 13.3. The molecular weight excluding hydrogens is 258 g/mol. The fourth-order valence-corrected chi connectivity index (χ4v) is 3.41. The summed E-state index contributed by atoms with van der Waals surface area (Å²) in [4.78, 5) is 0.525. The van der Waals surface area contributed by atoms with Crippen molar-refractivity contribution in [1.82, 2.24) is 0 Å². The average Bonchev–Trinajstić information content (AvgIpc) is 2.41. The summed E-state index contributed by atoms with van der Waals surface area (Å²) in [6.45, 7) is 3.63. The van der Waals surface area contributed by atoms with E-state index < -0.39 is 9.84 Å². The first-order valence-electron chi connectivity index (χ1n) is 5.77. The Morgan fingerprint density at radius 3 is 2.21 bits per heavy atom. The Kier molecular flexibility index (Phi) is 3.41. The largest absolute Gasteiger partial charge is 0.219 e. The third-order valence-corrected chi connectivity index (χ3v) is 4.84. The van der Waals surface area contributed by atoms with Gasteiger partial charge in [-0.15, -0.1) is 0 Å². The third-order valence-electron chi connectivity index (χ3n) is 2.93. The maximum atomic E-state index is 12.5. The monoisotopic (exact) mass is 271 g/mol. The molecule has 4 heteroatoms. The van der Waals surface area contributed by atoms with Gasteiger partial charge in [-0.1, -0.05) is 12.1 Å². The highest BCUT2D eigenvalue weighted by Crippen LogP contribution is 2.24. The first-order valence-corrected chi connectivity index (χ1v) is 7.26. The molecule has 0 spiro atoms. The lowest BCUT2D eigenvalue weighted by atomic mass is 10.2. The molecule has 0 atom stereocenters. The van der Waals surface area contributed by atoms with Gasteiger partial charge >= 0.3 is 0 Å². The summed E-state index contributed by atoms with van der Waals surface area (Å²) >= 11 is 0. The normalized spacial score (nSPS) is 11.0. The van der Waals surface area contributed by atoms with Crippen LogP contribution in [0.4, 0.5) is 0 Å². The molecule has 2 aromatic rings. The molecule has 0 radical (unpaired) electrons. The lowest BCUT2D eigenvalue weighted by molar-refractivity contribution is 0.595. The van der Waals surface area contributed by atoms with Gasteiger partial charge in [0, 0.05) is 0 Å². The third kappa shape index (κ3) is 2.51. The number of aryl methyl sites for hydroxylation is 2. The summed E-state index contributed by atoms with van der Waals surface area (Å²) in [5.41, 5.74) is 2.06. The van der Waals surface area contributed by atoms with Gasteiger partial charge in [-0.3, -0.25) is 0 Å². The Balaban J connectivity index is 2.59. The van der Waals surface area contributed by atoms with Crippen molar-refractivity contribution in [3.05, 3.63) is 59.2 Å². The van der Waals surface area contributed by atoms with E-state index in [1.807, 2.05) is 19.1 Å². The molecule has 0 unspecified atom stereocenters. The van der Waals surface area contributed by atoms with E-state index >= 15 is 0 Å². The number of sulfone groups is 1. The topological polar surface area (TPSA) is 57.9 Å². The van der Waals surface area contributed by atoms with Crippen molar-refractivity contribution in [2.45, 2.75) is 23.6 Å². The highest BCUT2D eigenvalue weighted by atomic mass is 32.2. The minimum Gasteiger partial charge on any atom is -0.219 e. The second-order valence-electron chi connectivity index (χ2n) is 4.41. The van der Waals surface area contributed by atoms with E-state index in [-0.39, 0.29) is 4.90 Å². The molecule has 2 aromatic carbocycles. The van der Waals surface area contributed by atoms with E-state index in [0.717, 1.165) is 11.1 Å². The Labute approximate surface area is 113 Å². The lowest BCUT2D eigenvalue weighted by Crippen LogP contribution is -2.04. The van der Waals surface area contributed by atoms with Gasteiger partial charge in [-0.2, -0.15) is 5.26 Å². The minimum absolute atomic E-state index is 0.209. The molecule has 0 aliphatic carbocycles. The van der Waals surface area contributed by atoms with Gasteiger partial charge in [0.15, 0.2) is 0 Å². The number of nitriles is 1. The predicted molar refractivity (Wildman–Crippen MR) is 72.5 cm³/mol. The summed E-state index contributed by atoms with van der Waals surface area (Å²) in [6.07, 6.45) is 0. The SMILES string of the molecule is Cc1ccc(C)c(S(=O)(=O)c2ccc(C#N)cc2)c1. The zero-order valence-electron chi connectivity index (χ0n) is 10.7. The molecule has 0 aliphatic rings. The van der Waals surface area contributed by atoms with Crippen molar-refractivity contribution < 1.29 is 8.42 Å². The van der Waals surface area contributed by atoms with Crippen LogP contribution in [0.15, 0.2) is 52.3 Å². The second kappa shape index (κ2) is 4.87. The van der Waals surface area contributed by atoms with Crippen molar-refractivity contribution in [2.24, 2.45) is 0 Å². The van der Waals surface area contributed by atoms with Crippen LogP contribution in [0.5, 0.6) is 0 Å². The smallest absolute Gasteiger partial charge is 0.206 e. The molecule has 0 heterocycles. The fourth-order valence-electron chi connectivity index (χ4n) is 1.83. The van der Waals surface area contributed by atoms with Crippen molar-refractivity contribution >= 4 is 9.84 Å². The fraction of sp³-hybridized carbons (Fsp3) is 0.133. The number of hydrogen-bond acceptors (Lipinski definition) is 3. The maximum Gasteiger partial charge on any atom is 0.206 e. The van der Waals surface area contributed by atoms with Crippen LogP contribution in [0.1, 0.15) is 16.7 Å². The maximum absolute atomic E-state index is 12.5. The van der Waals surface area contributed by atoms with Crippen molar-refractivity contribution in [3.63, 3.8) is 0 Å². The molecular formula is C15H13NO2S. The average molecular weight is 271 g/mol. The van der Waals surface area contributed by atoms with Crippen molar-refractivity contribution in [2.75, 3.05) is 0 Å². The Morgan fingerprint density at radius 1 is 1.00 bits per heavy atom. The van der Waals surface area contributed by atoms with Gasteiger partial charge < -0.3 is 0 Å². The molecule has 0 N–H and O–H groups in total. The standard InChI is InChI=1S/C15H13NO2S/c1-11-3-4-12(2)15(9-11)19(17,18)14-7-5-13(10-16)6-8-14/h3-9H,1-2H3. The van der Waals surface area contributed by atoms with Crippen LogP contribution in [0.2, 0.25) is 0 Å². The number of hydrogen-bond donors (Lipinski definition) is 0. The van der Waals surface area contributed by atoms with Gasteiger partial charge in [0.1, 0.15) is 0 Å². The predicted octanol–water partition coefficient (Wildman–Crippen LogP) is 3.01. The highest BCUT2D eigenvalue weighted by Gasteiger charge is 2.19. The molecule has 2 rings (SSSR count). The molecule has 0 amide bonds. The molecule has 3 nitrogen and oxygen atoms in total. The van der Waals surface area contributed by atoms with Crippen molar-refractivity contribution in [3.8, 4) is 6.07 Å². The molecule has 0 aliphatic heterocycles. The quantitative estimate of drug-likeness (QED) is 0.843. The number of rotatable bonds is 2. The molecule has 0 saturated heterocycles. The summed E-state index contributed by atoms with van der Waals surface area (Å²) in [7, 11) is -3.53. The summed E-state index contributed by atoms with van der Waals surface area (Å²) in [5.74, 6) is 0. The minimum atomic E-state index is -3.53. The molecule has 0 saturated carbocycles. The lowest BCUT2D eigenvalue weighted by Gasteiger charge is -2.08. The Hall–Kier alpha value is -2.12. The number of nitrogens with zero attached hydrogens (tertiary/aromatic N) is 1. The van der Waals surface area contributed by atoms with Crippen LogP contribution in [0, 0.1) is 25.2 Å². The van der Waals surface area contributed by atoms with E-state index in [0.29, 0.717) is 10.5 Å². The summed E-state index contributed by atoms with van der Waals surface area (Å²) < 4.78 is 25.0. The van der Waals surface area contributed by atoms with E-state index in [9.17, 15) is 8.42 Å². The van der Waals surface area contributed by atoms with Gasteiger partial charge in [0.2, 0.25) is 9.84 Å². The van der Waals surface area contributed by atoms with Gasteiger partial charge in [-0.05, 0) is 55.3 Å². The van der Waals surface area contributed by atoms with E-state index in [1.165, 1.54) is 24.3 Å². The van der Waals surface area contributed by atoms with Crippen LogP contribution in [0.25, 0.3) is 0 Å². The van der Waals surface area contributed by atoms with Gasteiger partial charge in [0.25, 0.3) is 0 Å². The van der Waals surface area contributed by atoms with Crippen LogP contribution in [-0.2, 0) is 9.84 Å². The highest BCUT2D eigenvalue weighted by molar-refractivity contribution is 7.91. The number of benzene rings is 2. The van der Waals surface area contributed by atoms with Gasteiger partial charge in [-0.25, -0.2) is 8.42 Å². The first-order chi connectivity index (χ1) is 8.95. The molecule has 96 valence electrons. The van der Waals surface area contributed by atoms with Crippen LogP contribution < -0.4 is 0 Å². The van der Waals surface area contributed by atoms with Crippen LogP contribution in [-0.4, -0.2) is 8.42 Å². The van der Waals surface area contributed by atoms with E-state index in [4.69, 9.17) is 5.26 Å². The Bertz CT molecular complexity index is 754. The van der Waals surface area contributed by atoms with Gasteiger partial charge in [0.05, 0.1) is 21.4 Å². The zero-order chi connectivity index (χ0) is 14.0. The van der Waals surface area contributed by atoms with Crippen molar-refractivity contribution in [1.29, 1.82) is 5.26 Å². The summed E-state index contributed by atoms with van der Waals surface area (Å²) in [5, 5.41) is 8.73. The second-order valence-corrected chi connectivity index (χ2v) is 6.33. The zero-order valence-corrected chi connectivity index (χ0v) is 11.5. The molecule has 19 heavy (non-hydrogen) atoms. The van der Waals surface area contributed by atoms with Crippen LogP contribution in [0.3, 0.4) is 0 Å². The van der Waals surface area contributed by atoms with E-state index in [2.05, 4.69) is 0 Å². The molecule has 0 aromatic heterocycles. The molecule has 0 bridgehead atoms. The van der Waals surface area contributed by atoms with E-state index in [1.54, 1.807) is 19.1 Å². The van der Waals surface area contributed by atoms with Crippen LogP contribution >= 0.6 is 0 Å².